The molecule has 1 atom stereocenters. The topological polar surface area (TPSA) is 86.7 Å². The second-order valence-corrected chi connectivity index (χ2v) is 8.44. The Labute approximate surface area is 176 Å². The van der Waals surface area contributed by atoms with E-state index < -0.39 is 5.60 Å². The summed E-state index contributed by atoms with van der Waals surface area (Å²) in [4.78, 5) is 2.34. The van der Waals surface area contributed by atoms with Crippen molar-refractivity contribution in [1.29, 1.82) is 0 Å². The molecule has 7 heteroatoms. The van der Waals surface area contributed by atoms with Crippen LogP contribution in [0, 0.1) is 0 Å². The van der Waals surface area contributed by atoms with Gasteiger partial charge in [0.25, 0.3) is 0 Å². The zero-order valence-corrected chi connectivity index (χ0v) is 17.0. The molecule has 1 aromatic carbocycles. The number of hydrogen-bond donors (Lipinski definition) is 3. The van der Waals surface area contributed by atoms with Gasteiger partial charge >= 0.3 is 0 Å². The predicted molar refractivity (Wildman–Crippen MR) is 112 cm³/mol. The second-order valence-electron chi connectivity index (χ2n) is 8.44. The van der Waals surface area contributed by atoms with E-state index in [9.17, 15) is 5.11 Å². The highest BCUT2D eigenvalue weighted by Gasteiger charge is 2.34. The molecule has 4 heterocycles. The minimum Gasteiger partial charge on any atom is -0.463 e. The van der Waals surface area contributed by atoms with Gasteiger partial charge in [0, 0.05) is 37.7 Å². The Kier molecular flexibility index (Phi) is 5.43. The fourth-order valence-electron chi connectivity index (χ4n) is 4.35. The molecular weight excluding hydrogens is 380 g/mol. The number of aromatic nitrogens is 1. The first-order valence-corrected chi connectivity index (χ1v) is 10.7. The van der Waals surface area contributed by atoms with Crippen LogP contribution in [-0.2, 0) is 13.0 Å². The van der Waals surface area contributed by atoms with E-state index in [0.29, 0.717) is 19.3 Å². The van der Waals surface area contributed by atoms with Gasteiger partial charge in [0.15, 0.2) is 0 Å². The summed E-state index contributed by atoms with van der Waals surface area (Å²) in [5, 5.41) is 15.3. The molecule has 0 saturated carbocycles. The predicted octanol–water partition coefficient (Wildman–Crippen LogP) is 3.04. The summed E-state index contributed by atoms with van der Waals surface area (Å²) in [5.41, 5.74) is 7.46. The fourth-order valence-corrected chi connectivity index (χ4v) is 4.35. The summed E-state index contributed by atoms with van der Waals surface area (Å²) >= 11 is 0. The Morgan fingerprint density at radius 3 is 2.70 bits per heavy atom. The number of piperidine rings is 1. The number of likely N-dealkylation sites (tertiary alicyclic amines) is 1. The molecule has 0 radical (unpaired) electrons. The van der Waals surface area contributed by atoms with Gasteiger partial charge in [-0.15, -0.1) is 0 Å². The van der Waals surface area contributed by atoms with Crippen LogP contribution in [0.25, 0.3) is 11.3 Å². The molecule has 3 N–H and O–H groups in total. The van der Waals surface area contributed by atoms with Crippen molar-refractivity contribution in [2.75, 3.05) is 19.6 Å². The molecular formula is C23H28N4O3. The molecule has 158 valence electrons. The number of furan rings is 1. The van der Waals surface area contributed by atoms with Crippen LogP contribution in [-0.4, -0.2) is 40.4 Å². The van der Waals surface area contributed by atoms with Gasteiger partial charge in [-0.05, 0) is 31.4 Å². The molecule has 0 bridgehead atoms. The third-order valence-corrected chi connectivity index (χ3v) is 6.16. The zero-order valence-electron chi connectivity index (χ0n) is 17.0. The lowest BCUT2D eigenvalue weighted by Gasteiger charge is -2.37. The van der Waals surface area contributed by atoms with Gasteiger partial charge in [-0.25, -0.2) is 5.43 Å². The highest BCUT2D eigenvalue weighted by Crippen LogP contribution is 2.29. The molecule has 0 spiro atoms. The van der Waals surface area contributed by atoms with E-state index >= 15 is 0 Å². The molecule has 30 heavy (non-hydrogen) atoms. The second kappa shape index (κ2) is 8.35. The van der Waals surface area contributed by atoms with E-state index in [1.165, 1.54) is 0 Å². The molecule has 3 aromatic rings. The van der Waals surface area contributed by atoms with Gasteiger partial charge in [-0.1, -0.05) is 35.5 Å². The largest absolute Gasteiger partial charge is 0.463 e. The summed E-state index contributed by atoms with van der Waals surface area (Å²) < 4.78 is 11.5. The molecule has 0 amide bonds. The van der Waals surface area contributed by atoms with E-state index in [1.807, 2.05) is 36.4 Å². The number of nitrogens with one attached hydrogen (secondary N) is 2. The van der Waals surface area contributed by atoms with E-state index in [2.05, 4.69) is 33.0 Å². The van der Waals surface area contributed by atoms with E-state index in [-0.39, 0.29) is 6.04 Å². The summed E-state index contributed by atoms with van der Waals surface area (Å²) in [7, 11) is 0. The first-order chi connectivity index (χ1) is 14.7. The normalized spacial score (nSPS) is 21.8. The SMILES string of the molecule is OC1(Cc2cc(-c3ccccc3)no2)CCN(Cc2ccc(C3CCNN3)o2)CC1. The summed E-state index contributed by atoms with van der Waals surface area (Å²) in [6.45, 7) is 3.39. The number of hydrazine groups is 1. The average molecular weight is 409 g/mol. The maximum absolute atomic E-state index is 11.1. The van der Waals surface area contributed by atoms with Crippen molar-refractivity contribution in [2.45, 2.75) is 43.9 Å². The molecule has 2 fully saturated rings. The lowest BCUT2D eigenvalue weighted by atomic mass is 9.87. The van der Waals surface area contributed by atoms with Gasteiger partial charge in [0.2, 0.25) is 0 Å². The molecule has 0 aliphatic carbocycles. The number of nitrogens with zero attached hydrogens (tertiary/aromatic N) is 2. The first kappa shape index (κ1) is 19.5. The first-order valence-electron chi connectivity index (χ1n) is 10.7. The van der Waals surface area contributed by atoms with Crippen LogP contribution in [0.5, 0.6) is 0 Å². The molecule has 2 aliphatic heterocycles. The number of rotatable bonds is 6. The smallest absolute Gasteiger partial charge is 0.140 e. The Morgan fingerprint density at radius 2 is 1.93 bits per heavy atom. The molecule has 7 nitrogen and oxygen atoms in total. The van der Waals surface area contributed by atoms with Gasteiger partial charge in [0.1, 0.15) is 23.0 Å². The number of aliphatic hydroxyl groups is 1. The van der Waals surface area contributed by atoms with Crippen molar-refractivity contribution < 1.29 is 14.0 Å². The van der Waals surface area contributed by atoms with Crippen molar-refractivity contribution in [3.8, 4) is 11.3 Å². The Bertz CT molecular complexity index is 954. The Balaban J connectivity index is 1.15. The van der Waals surface area contributed by atoms with Crippen molar-refractivity contribution in [3.63, 3.8) is 0 Å². The monoisotopic (exact) mass is 408 g/mol. The minimum absolute atomic E-state index is 0.257. The maximum Gasteiger partial charge on any atom is 0.140 e. The fraction of sp³-hybridized carbons (Fsp3) is 0.435. The van der Waals surface area contributed by atoms with E-state index in [0.717, 1.165) is 61.1 Å². The number of hydrogen-bond acceptors (Lipinski definition) is 7. The number of benzene rings is 1. The van der Waals surface area contributed by atoms with Crippen LogP contribution in [0.15, 0.2) is 57.5 Å². The molecule has 2 aromatic heterocycles. The van der Waals surface area contributed by atoms with Crippen LogP contribution in [0.2, 0.25) is 0 Å². The maximum atomic E-state index is 11.1. The van der Waals surface area contributed by atoms with Crippen molar-refractivity contribution >= 4 is 0 Å². The molecule has 1 unspecified atom stereocenters. The standard InChI is InChI=1S/C23H28N4O3/c28-23(15-19-14-21(26-30-19)17-4-2-1-3-5-17)9-12-27(13-10-23)16-18-6-7-22(29-18)20-8-11-24-25-20/h1-7,14,20,24-25,28H,8-13,15-16H2. The Morgan fingerprint density at radius 1 is 1.10 bits per heavy atom. The highest BCUT2D eigenvalue weighted by molar-refractivity contribution is 5.58. The van der Waals surface area contributed by atoms with Crippen LogP contribution < -0.4 is 10.9 Å². The van der Waals surface area contributed by atoms with Gasteiger partial charge in [-0.2, -0.15) is 0 Å². The summed E-state index contributed by atoms with van der Waals surface area (Å²) in [6.07, 6.45) is 2.94. The van der Waals surface area contributed by atoms with Gasteiger partial charge in [0.05, 0.1) is 18.2 Å². The summed E-state index contributed by atoms with van der Waals surface area (Å²) in [6, 6.07) is 16.3. The molecule has 2 saturated heterocycles. The lowest BCUT2D eigenvalue weighted by Crippen LogP contribution is -2.45. The molecule has 2 aliphatic rings. The van der Waals surface area contributed by atoms with Crippen LogP contribution in [0.3, 0.4) is 0 Å². The van der Waals surface area contributed by atoms with E-state index in [1.54, 1.807) is 0 Å². The lowest BCUT2D eigenvalue weighted by molar-refractivity contribution is -0.0277. The van der Waals surface area contributed by atoms with Crippen LogP contribution in [0.4, 0.5) is 0 Å². The Hall–Kier alpha value is -2.45. The highest BCUT2D eigenvalue weighted by atomic mass is 16.5. The van der Waals surface area contributed by atoms with Crippen molar-refractivity contribution in [3.05, 3.63) is 65.8 Å². The van der Waals surface area contributed by atoms with Gasteiger partial charge < -0.3 is 14.0 Å². The van der Waals surface area contributed by atoms with Crippen LogP contribution in [0.1, 0.15) is 42.6 Å². The van der Waals surface area contributed by atoms with Crippen molar-refractivity contribution in [1.82, 2.24) is 20.9 Å². The quantitative estimate of drug-likeness (QED) is 0.578. The summed E-state index contributed by atoms with van der Waals surface area (Å²) in [5.74, 6) is 2.70. The minimum atomic E-state index is -0.752. The van der Waals surface area contributed by atoms with E-state index in [4.69, 9.17) is 8.94 Å². The molecule has 5 rings (SSSR count). The van der Waals surface area contributed by atoms with Crippen molar-refractivity contribution in [2.24, 2.45) is 0 Å². The zero-order chi connectivity index (χ0) is 20.4. The van der Waals surface area contributed by atoms with Crippen LogP contribution >= 0.6 is 0 Å². The third-order valence-electron chi connectivity index (χ3n) is 6.16. The van der Waals surface area contributed by atoms with Gasteiger partial charge in [-0.3, -0.25) is 10.3 Å². The third kappa shape index (κ3) is 4.34. The average Bonchev–Trinajstić information content (AvgIpc) is 3.52.